The minimum Gasteiger partial charge on any atom is -0.336 e. The minimum atomic E-state index is -0.156. The quantitative estimate of drug-likeness (QED) is 0.725. The summed E-state index contributed by atoms with van der Waals surface area (Å²) in [5.74, 6) is -0.0956. The number of nitrogens with zero attached hydrogens (tertiary/aromatic N) is 2. The first-order valence-electron chi connectivity index (χ1n) is 8.83. The fourth-order valence-electron chi connectivity index (χ4n) is 2.67. The molecule has 1 rings (SSSR count). The van der Waals surface area contributed by atoms with Gasteiger partial charge in [0.15, 0.2) is 0 Å². The molecule has 0 bridgehead atoms. The van der Waals surface area contributed by atoms with Crippen molar-refractivity contribution in [3.63, 3.8) is 0 Å². The fraction of sp³-hybridized carbons (Fsp3) is 0.579. The number of rotatable bonds is 9. The zero-order chi connectivity index (χ0) is 19.0. The summed E-state index contributed by atoms with van der Waals surface area (Å²) in [6, 6.07) is 7.33. The van der Waals surface area contributed by atoms with Gasteiger partial charge in [0.1, 0.15) is 0 Å². The molecular weight excluding hydrogens is 338 g/mol. The lowest BCUT2D eigenvalue weighted by Gasteiger charge is -2.35. The maximum absolute atomic E-state index is 12.7. The van der Waals surface area contributed by atoms with Crippen molar-refractivity contribution in [2.45, 2.75) is 52.6 Å². The average Bonchev–Trinajstić information content (AvgIpc) is 2.56. The molecule has 6 heteroatoms. The molecular formula is C19H30ClN3O2. The van der Waals surface area contributed by atoms with Gasteiger partial charge in [0.25, 0.3) is 0 Å². The molecule has 5 nitrogen and oxygen atoms in total. The van der Waals surface area contributed by atoms with Crippen LogP contribution in [0.2, 0.25) is 5.02 Å². The van der Waals surface area contributed by atoms with Gasteiger partial charge in [-0.1, -0.05) is 25.4 Å². The minimum absolute atomic E-state index is 0.0606. The summed E-state index contributed by atoms with van der Waals surface area (Å²) in [5, 5.41) is 3.43. The first kappa shape index (κ1) is 21.5. The summed E-state index contributed by atoms with van der Waals surface area (Å²) >= 11 is 5.83. The highest BCUT2D eigenvalue weighted by molar-refractivity contribution is 6.30. The Kier molecular flexibility index (Phi) is 8.93. The van der Waals surface area contributed by atoms with Crippen molar-refractivity contribution in [2.75, 3.05) is 25.5 Å². The standard InChI is InChI=1S/C19H30ClN3O2/c1-6-14(3)23(15(4)7-2)19(25)13-22(5)12-18(24)21-17-10-8-16(20)9-11-17/h8-11,14-15H,6-7,12-13H2,1-5H3,(H,21,24)/t14-,15-/m0/s1. The molecule has 0 saturated heterocycles. The van der Waals surface area contributed by atoms with Gasteiger partial charge in [-0.3, -0.25) is 14.5 Å². The summed E-state index contributed by atoms with van der Waals surface area (Å²) in [6.07, 6.45) is 1.83. The van der Waals surface area contributed by atoms with Gasteiger partial charge in [0, 0.05) is 22.8 Å². The smallest absolute Gasteiger partial charge is 0.238 e. The molecule has 0 aromatic heterocycles. The molecule has 0 fully saturated rings. The van der Waals surface area contributed by atoms with E-state index in [0.717, 1.165) is 12.8 Å². The Bertz CT molecular complexity index is 552. The number of benzene rings is 1. The number of carbonyl (C=O) groups is 2. The molecule has 0 saturated carbocycles. The number of hydrogen-bond donors (Lipinski definition) is 1. The Hall–Kier alpha value is -1.59. The third-order valence-electron chi connectivity index (χ3n) is 4.37. The summed E-state index contributed by atoms with van der Waals surface area (Å²) in [4.78, 5) is 28.5. The number of nitrogens with one attached hydrogen (secondary N) is 1. The van der Waals surface area contributed by atoms with Crippen LogP contribution in [0.25, 0.3) is 0 Å². The first-order chi connectivity index (χ1) is 11.8. The van der Waals surface area contributed by atoms with Gasteiger partial charge in [0.2, 0.25) is 11.8 Å². The van der Waals surface area contributed by atoms with Crippen LogP contribution in [0.3, 0.4) is 0 Å². The van der Waals surface area contributed by atoms with Gasteiger partial charge in [0.05, 0.1) is 13.1 Å². The third-order valence-corrected chi connectivity index (χ3v) is 4.62. The van der Waals surface area contributed by atoms with Crippen LogP contribution in [0.15, 0.2) is 24.3 Å². The van der Waals surface area contributed by atoms with E-state index in [1.54, 1.807) is 36.2 Å². The van der Waals surface area contributed by atoms with E-state index in [2.05, 4.69) is 33.0 Å². The van der Waals surface area contributed by atoms with Crippen LogP contribution in [0.4, 0.5) is 5.69 Å². The van der Waals surface area contributed by atoms with E-state index >= 15 is 0 Å². The second-order valence-electron chi connectivity index (χ2n) is 6.54. The topological polar surface area (TPSA) is 52.7 Å². The molecule has 0 aliphatic heterocycles. The van der Waals surface area contributed by atoms with Crippen LogP contribution in [0, 0.1) is 0 Å². The number of carbonyl (C=O) groups excluding carboxylic acids is 2. The van der Waals surface area contributed by atoms with Crippen molar-refractivity contribution >= 4 is 29.1 Å². The van der Waals surface area contributed by atoms with Crippen LogP contribution in [0.5, 0.6) is 0 Å². The molecule has 2 atom stereocenters. The molecule has 1 aromatic rings. The lowest BCUT2D eigenvalue weighted by atomic mass is 10.1. The van der Waals surface area contributed by atoms with Crippen LogP contribution < -0.4 is 5.32 Å². The zero-order valence-electron chi connectivity index (χ0n) is 15.9. The maximum Gasteiger partial charge on any atom is 0.238 e. The van der Waals surface area contributed by atoms with E-state index in [1.165, 1.54) is 0 Å². The van der Waals surface area contributed by atoms with Crippen molar-refractivity contribution < 1.29 is 9.59 Å². The van der Waals surface area contributed by atoms with Crippen LogP contribution in [-0.2, 0) is 9.59 Å². The molecule has 1 aromatic carbocycles. The Morgan fingerprint density at radius 3 is 2.04 bits per heavy atom. The van der Waals surface area contributed by atoms with Crippen molar-refractivity contribution in [1.82, 2.24) is 9.80 Å². The largest absolute Gasteiger partial charge is 0.336 e. The SMILES string of the molecule is CC[C@H](C)N(C(=O)CN(C)CC(=O)Nc1ccc(Cl)cc1)[C@@H](C)CC. The summed E-state index contributed by atoms with van der Waals surface area (Å²) < 4.78 is 0. The van der Waals surface area contributed by atoms with Gasteiger partial charge in [-0.05, 0) is 58.0 Å². The lowest BCUT2D eigenvalue weighted by Crippen LogP contribution is -2.49. The average molecular weight is 368 g/mol. The number of anilines is 1. The number of halogens is 1. The van der Waals surface area contributed by atoms with Gasteiger partial charge in [-0.25, -0.2) is 0 Å². The molecule has 0 heterocycles. The molecule has 25 heavy (non-hydrogen) atoms. The zero-order valence-corrected chi connectivity index (χ0v) is 16.6. The van der Waals surface area contributed by atoms with Crippen molar-refractivity contribution in [3.8, 4) is 0 Å². The Morgan fingerprint density at radius 2 is 1.56 bits per heavy atom. The Morgan fingerprint density at radius 1 is 1.04 bits per heavy atom. The molecule has 2 amide bonds. The van der Waals surface area contributed by atoms with Gasteiger partial charge >= 0.3 is 0 Å². The van der Waals surface area contributed by atoms with E-state index in [9.17, 15) is 9.59 Å². The monoisotopic (exact) mass is 367 g/mol. The summed E-state index contributed by atoms with van der Waals surface area (Å²) in [6.45, 7) is 8.67. The van der Waals surface area contributed by atoms with E-state index in [-0.39, 0.29) is 37.0 Å². The highest BCUT2D eigenvalue weighted by atomic mass is 35.5. The second kappa shape index (κ2) is 10.4. The van der Waals surface area contributed by atoms with E-state index < -0.39 is 0 Å². The van der Waals surface area contributed by atoms with Gasteiger partial charge in [-0.2, -0.15) is 0 Å². The predicted molar refractivity (Wildman–Crippen MR) is 104 cm³/mol. The highest BCUT2D eigenvalue weighted by Gasteiger charge is 2.24. The third kappa shape index (κ3) is 7.04. The number of likely N-dealkylation sites (N-methyl/N-ethyl adjacent to an activating group) is 1. The predicted octanol–water partition coefficient (Wildman–Crippen LogP) is 3.64. The fourth-order valence-corrected chi connectivity index (χ4v) is 2.79. The molecule has 140 valence electrons. The van der Waals surface area contributed by atoms with Crippen LogP contribution >= 0.6 is 11.6 Å². The molecule has 0 aliphatic carbocycles. The second-order valence-corrected chi connectivity index (χ2v) is 6.98. The number of amides is 2. The van der Waals surface area contributed by atoms with Crippen molar-refractivity contribution in [2.24, 2.45) is 0 Å². The lowest BCUT2D eigenvalue weighted by molar-refractivity contribution is -0.136. The summed E-state index contributed by atoms with van der Waals surface area (Å²) in [5.41, 5.74) is 0.690. The van der Waals surface area contributed by atoms with Gasteiger partial charge < -0.3 is 10.2 Å². The summed E-state index contributed by atoms with van der Waals surface area (Å²) in [7, 11) is 1.78. The van der Waals surface area contributed by atoms with Crippen molar-refractivity contribution in [3.05, 3.63) is 29.3 Å². The molecule has 0 radical (unpaired) electrons. The highest BCUT2D eigenvalue weighted by Crippen LogP contribution is 2.14. The normalized spacial score (nSPS) is 13.4. The van der Waals surface area contributed by atoms with Gasteiger partial charge in [-0.15, -0.1) is 0 Å². The van der Waals surface area contributed by atoms with E-state index in [4.69, 9.17) is 11.6 Å². The Balaban J connectivity index is 2.58. The van der Waals surface area contributed by atoms with Crippen LogP contribution in [0.1, 0.15) is 40.5 Å². The van der Waals surface area contributed by atoms with Crippen molar-refractivity contribution in [1.29, 1.82) is 0 Å². The molecule has 0 unspecified atom stereocenters. The van der Waals surface area contributed by atoms with E-state index in [0.29, 0.717) is 10.7 Å². The molecule has 0 aliphatic rings. The Labute approximate surface area is 156 Å². The molecule has 1 N–H and O–H groups in total. The molecule has 0 spiro atoms. The maximum atomic E-state index is 12.7. The number of hydrogen-bond acceptors (Lipinski definition) is 3. The first-order valence-corrected chi connectivity index (χ1v) is 9.21. The van der Waals surface area contributed by atoms with Crippen LogP contribution in [-0.4, -0.2) is 53.8 Å². The van der Waals surface area contributed by atoms with E-state index in [1.807, 2.05) is 4.90 Å².